The maximum absolute atomic E-state index is 12.4. The summed E-state index contributed by atoms with van der Waals surface area (Å²) in [4.78, 5) is 28.0. The number of benzene rings is 2. The van der Waals surface area contributed by atoms with Gasteiger partial charge in [-0.2, -0.15) is 11.3 Å². The Morgan fingerprint density at radius 1 is 1.08 bits per heavy atom. The summed E-state index contributed by atoms with van der Waals surface area (Å²) in [7, 11) is 0. The number of nitrogens with zero attached hydrogens (tertiary/aromatic N) is 1. The molecule has 4 rings (SSSR count). The number of oxazole rings is 1. The normalized spacial score (nSPS) is 10.8. The van der Waals surface area contributed by atoms with Crippen LogP contribution < -0.4 is 10.1 Å². The van der Waals surface area contributed by atoms with E-state index < -0.39 is 5.97 Å². The molecule has 0 aliphatic rings. The highest BCUT2D eigenvalue weighted by molar-refractivity contribution is 7.08. The Hall–Kier alpha value is -3.91. The van der Waals surface area contributed by atoms with Crippen LogP contribution in [0.15, 0.2) is 69.8 Å². The molecule has 0 aliphatic carbocycles. The van der Waals surface area contributed by atoms with Gasteiger partial charge in [-0.15, -0.1) is 0 Å². The molecule has 8 heteroatoms. The predicted molar refractivity (Wildman–Crippen MR) is 138 cm³/mol. The third kappa shape index (κ3) is 7.05. The molecule has 0 aliphatic heterocycles. The Bertz CT molecular complexity index is 1300. The molecular formula is C28H28N2O5S. The fourth-order valence-electron chi connectivity index (χ4n) is 3.78. The number of carboxylic acids is 1. The van der Waals surface area contributed by atoms with Crippen LogP contribution in [0.2, 0.25) is 0 Å². The molecule has 2 aromatic heterocycles. The van der Waals surface area contributed by atoms with Crippen molar-refractivity contribution in [2.24, 2.45) is 0 Å². The van der Waals surface area contributed by atoms with Crippen LogP contribution in [0.3, 0.4) is 0 Å². The number of carbonyl (C=O) groups excluding carboxylic acids is 1. The topological polar surface area (TPSA) is 102 Å². The maximum atomic E-state index is 12.4. The van der Waals surface area contributed by atoms with Gasteiger partial charge in [-0.05, 0) is 59.5 Å². The Morgan fingerprint density at radius 3 is 2.67 bits per heavy atom. The van der Waals surface area contributed by atoms with E-state index in [1.54, 1.807) is 11.3 Å². The van der Waals surface area contributed by atoms with Gasteiger partial charge in [0, 0.05) is 30.5 Å². The van der Waals surface area contributed by atoms with E-state index in [0.29, 0.717) is 44.1 Å². The van der Waals surface area contributed by atoms with E-state index in [2.05, 4.69) is 10.3 Å². The number of thiophene rings is 1. The van der Waals surface area contributed by atoms with Crippen LogP contribution in [0, 0.1) is 6.92 Å². The van der Waals surface area contributed by atoms with E-state index in [1.165, 1.54) is 0 Å². The molecule has 4 aromatic rings. The number of rotatable bonds is 12. The van der Waals surface area contributed by atoms with E-state index >= 15 is 0 Å². The lowest BCUT2D eigenvalue weighted by Crippen LogP contribution is -2.24. The Kier molecular flexibility index (Phi) is 8.52. The number of hydrogen-bond acceptors (Lipinski definition) is 6. The summed E-state index contributed by atoms with van der Waals surface area (Å²) in [5.74, 6) is 1.05. The lowest BCUT2D eigenvalue weighted by Gasteiger charge is -2.14. The van der Waals surface area contributed by atoms with E-state index in [-0.39, 0.29) is 12.3 Å². The number of ether oxygens (including phenoxy) is 1. The van der Waals surface area contributed by atoms with Crippen LogP contribution in [-0.2, 0) is 35.4 Å². The highest BCUT2D eigenvalue weighted by Gasteiger charge is 2.13. The predicted octanol–water partition coefficient (Wildman–Crippen LogP) is 5.21. The standard InChI is InChI=1S/C28H28N2O5S/c1-19-24(30-28(35-19)22-5-3-2-4-6-22)11-13-34-25-9-7-20(8-10-27(32)33)15-23(25)17-29-26(31)16-21-12-14-36-18-21/h2-7,9,12,14-15,18H,8,10-11,13,16-17H2,1H3,(H,29,31)(H,32,33). The number of nitrogens with one attached hydrogen (secondary N) is 1. The first-order valence-corrected chi connectivity index (χ1v) is 12.7. The number of aliphatic carboxylic acids is 1. The highest BCUT2D eigenvalue weighted by atomic mass is 32.1. The molecule has 0 radical (unpaired) electrons. The average molecular weight is 505 g/mol. The zero-order valence-electron chi connectivity index (χ0n) is 20.0. The molecule has 36 heavy (non-hydrogen) atoms. The second-order valence-corrected chi connectivity index (χ2v) is 9.19. The molecule has 0 unspecified atom stereocenters. The summed E-state index contributed by atoms with van der Waals surface area (Å²) in [6.45, 7) is 2.56. The molecular weight excluding hydrogens is 476 g/mol. The maximum Gasteiger partial charge on any atom is 0.303 e. The van der Waals surface area contributed by atoms with Gasteiger partial charge in [-0.25, -0.2) is 4.98 Å². The van der Waals surface area contributed by atoms with E-state index in [9.17, 15) is 9.59 Å². The summed E-state index contributed by atoms with van der Waals surface area (Å²) >= 11 is 1.56. The van der Waals surface area contributed by atoms with Crippen molar-refractivity contribution in [1.29, 1.82) is 0 Å². The minimum atomic E-state index is -0.848. The Balaban J connectivity index is 1.41. The van der Waals surface area contributed by atoms with Gasteiger partial charge < -0.3 is 19.6 Å². The number of carbonyl (C=O) groups is 2. The smallest absolute Gasteiger partial charge is 0.303 e. The molecule has 0 spiro atoms. The lowest BCUT2D eigenvalue weighted by molar-refractivity contribution is -0.137. The molecule has 0 bridgehead atoms. The highest BCUT2D eigenvalue weighted by Crippen LogP contribution is 2.24. The lowest BCUT2D eigenvalue weighted by atomic mass is 10.0. The summed E-state index contributed by atoms with van der Waals surface area (Å²) in [5.41, 5.74) is 4.41. The van der Waals surface area contributed by atoms with Gasteiger partial charge in [-0.1, -0.05) is 30.3 Å². The van der Waals surface area contributed by atoms with E-state index in [1.807, 2.05) is 72.3 Å². The minimum Gasteiger partial charge on any atom is -0.493 e. The van der Waals surface area contributed by atoms with Crippen LogP contribution in [0.25, 0.3) is 11.5 Å². The van der Waals surface area contributed by atoms with Crippen LogP contribution >= 0.6 is 11.3 Å². The van der Waals surface area contributed by atoms with Crippen LogP contribution in [0.4, 0.5) is 0 Å². The fourth-order valence-corrected chi connectivity index (χ4v) is 4.44. The fraction of sp³-hybridized carbons (Fsp3) is 0.250. The monoisotopic (exact) mass is 504 g/mol. The van der Waals surface area contributed by atoms with Gasteiger partial charge in [0.2, 0.25) is 11.8 Å². The third-order valence-electron chi connectivity index (χ3n) is 5.68. The van der Waals surface area contributed by atoms with Crippen LogP contribution in [0.5, 0.6) is 5.75 Å². The first-order chi connectivity index (χ1) is 17.5. The molecule has 2 aromatic carbocycles. The molecule has 186 valence electrons. The number of carboxylic acid groups (broad SMARTS) is 1. The molecule has 2 heterocycles. The van der Waals surface area contributed by atoms with Gasteiger partial charge in [0.25, 0.3) is 0 Å². The second kappa shape index (κ2) is 12.2. The van der Waals surface area contributed by atoms with Gasteiger partial charge in [-0.3, -0.25) is 9.59 Å². The first-order valence-electron chi connectivity index (χ1n) is 11.7. The van der Waals surface area contributed by atoms with Crippen molar-refractivity contribution < 1.29 is 23.8 Å². The Labute approximate surface area is 213 Å². The number of aromatic nitrogens is 1. The number of amides is 1. The zero-order valence-corrected chi connectivity index (χ0v) is 20.8. The first kappa shape index (κ1) is 25.2. The van der Waals surface area contributed by atoms with Crippen molar-refractivity contribution in [3.05, 3.63) is 93.5 Å². The van der Waals surface area contributed by atoms with E-state index in [4.69, 9.17) is 14.3 Å². The number of aryl methyl sites for hydroxylation is 2. The van der Waals surface area contributed by atoms with Crippen LogP contribution in [-0.4, -0.2) is 28.6 Å². The molecule has 7 nitrogen and oxygen atoms in total. The van der Waals surface area contributed by atoms with Crippen molar-refractivity contribution in [3.63, 3.8) is 0 Å². The summed E-state index contributed by atoms with van der Waals surface area (Å²) in [6.07, 6.45) is 1.33. The van der Waals surface area contributed by atoms with Crippen molar-refractivity contribution in [2.45, 2.75) is 39.2 Å². The van der Waals surface area contributed by atoms with Gasteiger partial charge in [0.05, 0.1) is 18.7 Å². The molecule has 0 atom stereocenters. The van der Waals surface area contributed by atoms with Crippen LogP contribution in [0.1, 0.15) is 34.6 Å². The van der Waals surface area contributed by atoms with E-state index in [0.717, 1.165) is 33.7 Å². The molecule has 0 saturated carbocycles. The molecule has 0 saturated heterocycles. The van der Waals surface area contributed by atoms with Crippen molar-refractivity contribution in [3.8, 4) is 17.2 Å². The summed E-state index contributed by atoms with van der Waals surface area (Å²) in [6, 6.07) is 17.3. The van der Waals surface area contributed by atoms with Gasteiger partial charge >= 0.3 is 5.97 Å². The minimum absolute atomic E-state index is 0.0410. The Morgan fingerprint density at radius 2 is 1.92 bits per heavy atom. The largest absolute Gasteiger partial charge is 0.493 e. The second-order valence-electron chi connectivity index (χ2n) is 8.41. The van der Waals surface area contributed by atoms with Gasteiger partial charge in [0.15, 0.2) is 0 Å². The van der Waals surface area contributed by atoms with Crippen molar-refractivity contribution in [1.82, 2.24) is 10.3 Å². The molecule has 2 N–H and O–H groups in total. The summed E-state index contributed by atoms with van der Waals surface area (Å²) in [5, 5.41) is 15.9. The molecule has 0 fully saturated rings. The quantitative estimate of drug-likeness (QED) is 0.275. The summed E-state index contributed by atoms with van der Waals surface area (Å²) < 4.78 is 11.9. The average Bonchev–Trinajstić information content (AvgIpc) is 3.52. The zero-order chi connectivity index (χ0) is 25.3. The third-order valence-corrected chi connectivity index (χ3v) is 6.42. The molecule has 1 amide bonds. The van der Waals surface area contributed by atoms with Crippen molar-refractivity contribution in [2.75, 3.05) is 6.61 Å². The SMILES string of the molecule is Cc1oc(-c2ccccc2)nc1CCOc1ccc(CCC(=O)O)cc1CNC(=O)Cc1ccsc1. The number of hydrogen-bond donors (Lipinski definition) is 2. The van der Waals surface area contributed by atoms with Crippen molar-refractivity contribution >= 4 is 23.2 Å². The van der Waals surface area contributed by atoms with Gasteiger partial charge in [0.1, 0.15) is 11.5 Å².